The van der Waals surface area contributed by atoms with Gasteiger partial charge in [0.25, 0.3) is 0 Å². The molecule has 2 amide bonds. The molecule has 1 aromatic carbocycles. The molecule has 3 N–H and O–H groups in total. The third-order valence-electron chi connectivity index (χ3n) is 5.25. The third-order valence-corrected chi connectivity index (χ3v) is 6.59. The van der Waals surface area contributed by atoms with Crippen molar-refractivity contribution < 1.29 is 18.1 Å². The first kappa shape index (κ1) is 19.8. The van der Waals surface area contributed by atoms with E-state index in [9.17, 15) is 13.4 Å². The molecule has 2 aromatic rings. The van der Waals surface area contributed by atoms with Crippen LogP contribution in [0.5, 0.6) is 5.88 Å². The van der Waals surface area contributed by atoms with Crippen molar-refractivity contribution in [3.8, 4) is 5.88 Å². The molecule has 1 aliphatic carbocycles. The first-order chi connectivity index (χ1) is 13.8. The lowest BCUT2D eigenvalue weighted by atomic mass is 9.94. The van der Waals surface area contributed by atoms with E-state index in [1.54, 1.807) is 10.7 Å². The number of halogens is 1. The number of fused-ring (bicyclic) bond motifs is 2. The molecule has 0 unspecified atom stereocenters. The maximum absolute atomic E-state index is 14.7. The van der Waals surface area contributed by atoms with Gasteiger partial charge in [0.15, 0.2) is 9.92 Å². The minimum Gasteiger partial charge on any atom is -0.477 e. The van der Waals surface area contributed by atoms with Crippen LogP contribution >= 0.6 is 0 Å². The molecule has 156 valence electrons. The van der Waals surface area contributed by atoms with Crippen molar-refractivity contribution >= 4 is 21.6 Å². The van der Waals surface area contributed by atoms with Crippen molar-refractivity contribution in [1.82, 2.24) is 9.78 Å². The Kier molecular flexibility index (Phi) is 5.07. The maximum Gasteiger partial charge on any atom is 0.354 e. The highest BCUT2D eigenvalue weighted by Gasteiger charge is 2.26. The van der Waals surface area contributed by atoms with Crippen LogP contribution in [0.25, 0.3) is 0 Å². The van der Waals surface area contributed by atoms with Gasteiger partial charge in [-0.2, -0.15) is 5.10 Å². The molecule has 1 atom stereocenters. The molecule has 0 saturated heterocycles. The monoisotopic (exact) mass is 421 g/mol. The SMILES string of the molecule is CC(C)c1c(F)cc2c(c1NC(=O)N=[S@](N)(=O)c1cnn3c1OCCC3)CCC2. The number of carbonyl (C=O) groups excluding carboxylic acids is 1. The van der Waals surface area contributed by atoms with E-state index in [1.807, 2.05) is 13.8 Å². The standard InChI is InChI=1S/C19H24FN5O3S/c1-11(2)16-14(20)9-12-5-3-6-13(12)17(16)23-19(26)24-29(21,27)15-10-22-25-7-4-8-28-18(15)25/h9-11H,3-8H2,1-2H3,(H3,21,23,24,26,27)/t29-/m0/s1. The van der Waals surface area contributed by atoms with Gasteiger partial charge >= 0.3 is 6.03 Å². The van der Waals surface area contributed by atoms with E-state index in [-0.39, 0.29) is 22.5 Å². The summed E-state index contributed by atoms with van der Waals surface area (Å²) in [4.78, 5) is 12.7. The van der Waals surface area contributed by atoms with E-state index < -0.39 is 15.9 Å². The van der Waals surface area contributed by atoms with Crippen molar-refractivity contribution in [3.05, 3.63) is 34.8 Å². The van der Waals surface area contributed by atoms with E-state index in [1.165, 1.54) is 6.20 Å². The van der Waals surface area contributed by atoms with Crippen LogP contribution in [0.15, 0.2) is 21.5 Å². The predicted molar refractivity (Wildman–Crippen MR) is 107 cm³/mol. The summed E-state index contributed by atoms with van der Waals surface area (Å²) in [6.45, 7) is 4.78. The van der Waals surface area contributed by atoms with Gasteiger partial charge in [-0.25, -0.2) is 23.2 Å². The molecular weight excluding hydrogens is 397 g/mol. The summed E-state index contributed by atoms with van der Waals surface area (Å²) in [7, 11) is -3.57. The number of urea groups is 1. The van der Waals surface area contributed by atoms with Crippen molar-refractivity contribution in [2.75, 3.05) is 11.9 Å². The van der Waals surface area contributed by atoms with Crippen molar-refractivity contribution in [2.24, 2.45) is 9.50 Å². The van der Waals surface area contributed by atoms with Crippen molar-refractivity contribution in [1.29, 1.82) is 0 Å². The van der Waals surface area contributed by atoms with E-state index in [4.69, 9.17) is 9.88 Å². The number of aromatic nitrogens is 2. The van der Waals surface area contributed by atoms with Crippen LogP contribution in [-0.4, -0.2) is 26.6 Å². The summed E-state index contributed by atoms with van der Waals surface area (Å²) in [6, 6.07) is 0.669. The molecule has 0 radical (unpaired) electrons. The van der Waals surface area contributed by atoms with Gasteiger partial charge in [-0.05, 0) is 42.4 Å². The highest BCUT2D eigenvalue weighted by molar-refractivity contribution is 7.91. The van der Waals surface area contributed by atoms with Crippen LogP contribution in [0, 0.1) is 5.82 Å². The molecule has 2 aliphatic rings. The summed E-state index contributed by atoms with van der Waals surface area (Å²) >= 11 is 0. The average Bonchev–Trinajstić information content (AvgIpc) is 3.27. The molecule has 0 spiro atoms. The third kappa shape index (κ3) is 3.62. The fourth-order valence-corrected chi connectivity index (χ4v) is 4.98. The fourth-order valence-electron chi connectivity index (χ4n) is 3.98. The summed E-state index contributed by atoms with van der Waals surface area (Å²) < 4.78 is 38.4. The Bertz CT molecular complexity index is 1100. The van der Waals surface area contributed by atoms with Crippen molar-refractivity contribution in [2.45, 2.75) is 56.9 Å². The van der Waals surface area contributed by atoms with Crippen molar-refractivity contribution in [3.63, 3.8) is 0 Å². The van der Waals surface area contributed by atoms with Gasteiger partial charge in [-0.15, -0.1) is 4.36 Å². The number of anilines is 1. The van der Waals surface area contributed by atoms with Gasteiger partial charge in [0.05, 0.1) is 18.5 Å². The smallest absolute Gasteiger partial charge is 0.354 e. The highest BCUT2D eigenvalue weighted by atomic mass is 32.2. The van der Waals surface area contributed by atoms with E-state index in [0.717, 1.165) is 36.8 Å². The number of hydrogen-bond acceptors (Lipinski definition) is 4. The van der Waals surface area contributed by atoms with Gasteiger partial charge < -0.3 is 10.1 Å². The first-order valence-electron chi connectivity index (χ1n) is 9.66. The molecule has 0 fully saturated rings. The second kappa shape index (κ2) is 7.42. The molecule has 29 heavy (non-hydrogen) atoms. The lowest BCUT2D eigenvalue weighted by molar-refractivity contribution is 0.224. The number of aryl methyl sites for hydroxylation is 2. The molecule has 10 heteroatoms. The highest BCUT2D eigenvalue weighted by Crippen LogP contribution is 2.37. The molecular formula is C19H24FN5O3S. The van der Waals surface area contributed by atoms with Gasteiger partial charge in [0.2, 0.25) is 5.88 Å². The minimum atomic E-state index is -3.57. The summed E-state index contributed by atoms with van der Waals surface area (Å²) in [5, 5.41) is 12.7. The Morgan fingerprint density at radius 3 is 2.97 bits per heavy atom. The quantitative estimate of drug-likeness (QED) is 0.791. The number of nitrogens with zero attached hydrogens (tertiary/aromatic N) is 3. The zero-order valence-electron chi connectivity index (χ0n) is 16.4. The lowest BCUT2D eigenvalue weighted by Crippen LogP contribution is -2.21. The zero-order valence-corrected chi connectivity index (χ0v) is 17.2. The number of benzene rings is 1. The van der Waals surface area contributed by atoms with Gasteiger partial charge in [0, 0.05) is 18.5 Å². The van der Waals surface area contributed by atoms with Crippen LogP contribution < -0.4 is 15.2 Å². The topological polar surface area (TPSA) is 112 Å². The lowest BCUT2D eigenvalue weighted by Gasteiger charge is -2.18. The van der Waals surface area contributed by atoms with Crippen LogP contribution in [-0.2, 0) is 29.3 Å². The molecule has 2 heterocycles. The predicted octanol–water partition coefficient (Wildman–Crippen LogP) is 3.35. The first-order valence-corrected chi connectivity index (χ1v) is 11.2. The molecule has 1 aliphatic heterocycles. The van der Waals surface area contributed by atoms with Gasteiger partial charge in [-0.3, -0.25) is 0 Å². The van der Waals surface area contributed by atoms with Crippen LogP contribution in [0.2, 0.25) is 0 Å². The molecule has 4 rings (SSSR count). The summed E-state index contributed by atoms with van der Waals surface area (Å²) in [5.41, 5.74) is 2.64. The van der Waals surface area contributed by atoms with Crippen LogP contribution in [0.1, 0.15) is 49.3 Å². The van der Waals surface area contributed by atoms with Gasteiger partial charge in [0.1, 0.15) is 10.7 Å². The molecule has 8 nitrogen and oxygen atoms in total. The summed E-state index contributed by atoms with van der Waals surface area (Å²) in [5.74, 6) is -0.229. The number of amides is 2. The Morgan fingerprint density at radius 2 is 2.21 bits per heavy atom. The molecule has 1 aromatic heterocycles. The number of nitrogens with one attached hydrogen (secondary N) is 1. The van der Waals surface area contributed by atoms with E-state index in [0.29, 0.717) is 24.4 Å². The minimum absolute atomic E-state index is 0.0842. The molecule has 0 bridgehead atoms. The van der Waals surface area contributed by atoms with E-state index >= 15 is 0 Å². The van der Waals surface area contributed by atoms with Crippen LogP contribution in [0.3, 0.4) is 0 Å². The van der Waals surface area contributed by atoms with Gasteiger partial charge in [-0.1, -0.05) is 13.8 Å². The second-order valence-corrected chi connectivity index (χ2v) is 9.38. The summed E-state index contributed by atoms with van der Waals surface area (Å²) in [6.07, 6.45) is 4.50. The normalized spacial score (nSPS) is 17.3. The van der Waals surface area contributed by atoms with Crippen LogP contribution in [0.4, 0.5) is 14.9 Å². The Hall–Kier alpha value is -2.46. The average molecular weight is 421 g/mol. The largest absolute Gasteiger partial charge is 0.477 e. The Morgan fingerprint density at radius 1 is 1.41 bits per heavy atom. The number of hydrogen-bond donors (Lipinski definition) is 2. The van der Waals surface area contributed by atoms with E-state index in [2.05, 4.69) is 14.8 Å². The Labute approximate surface area is 168 Å². The number of ether oxygens (including phenoxy) is 1. The zero-order chi connectivity index (χ0) is 20.8. The number of nitrogens with two attached hydrogens (primary N) is 1. The second-order valence-electron chi connectivity index (χ2n) is 7.62. The number of carbonyl (C=O) groups is 1. The number of rotatable bonds is 3. The maximum atomic E-state index is 14.7. The fraction of sp³-hybridized carbons (Fsp3) is 0.474. The Balaban J connectivity index is 1.70. The molecule has 0 saturated carbocycles.